The van der Waals surface area contributed by atoms with Crippen LogP contribution in [-0.2, 0) is 19.6 Å². The van der Waals surface area contributed by atoms with Gasteiger partial charge in [0, 0.05) is 25.6 Å². The number of fused-ring (bicyclic) bond motifs is 1. The van der Waals surface area contributed by atoms with Gasteiger partial charge in [0.15, 0.2) is 5.76 Å². The second-order valence-electron chi connectivity index (χ2n) is 8.51. The Kier molecular flexibility index (Phi) is 5.26. The fraction of sp³-hybridized carbons (Fsp3) is 0.789. The van der Waals surface area contributed by atoms with Crippen LogP contribution in [0.1, 0.15) is 43.6 Å². The summed E-state index contributed by atoms with van der Waals surface area (Å²) in [4.78, 5) is 13.2. The minimum atomic E-state index is -3.76. The number of aryl methyl sites for hydroxylation is 2. The van der Waals surface area contributed by atoms with Crippen LogP contribution in [0.25, 0.3) is 0 Å². The van der Waals surface area contributed by atoms with Crippen LogP contribution in [0.2, 0.25) is 0 Å². The Morgan fingerprint density at radius 3 is 2.75 bits per heavy atom. The molecule has 1 aliphatic carbocycles. The highest BCUT2D eigenvalue weighted by molar-refractivity contribution is 7.89. The Hall–Kier alpha value is -1.45. The molecule has 1 N–H and O–H groups in total. The van der Waals surface area contributed by atoms with Gasteiger partial charge >= 0.3 is 0 Å². The van der Waals surface area contributed by atoms with Crippen LogP contribution in [-0.4, -0.2) is 56.6 Å². The molecule has 2 saturated heterocycles. The molecular formula is C19H29N3O5S. The average Bonchev–Trinajstić information content (AvgIpc) is 3.38. The van der Waals surface area contributed by atoms with Crippen LogP contribution in [0.4, 0.5) is 0 Å². The predicted molar refractivity (Wildman–Crippen MR) is 101 cm³/mol. The predicted octanol–water partition coefficient (Wildman–Crippen LogP) is 1.63. The van der Waals surface area contributed by atoms with E-state index < -0.39 is 15.4 Å². The normalized spacial score (nSPS) is 28.7. The molecule has 4 rings (SSSR count). The molecule has 9 heteroatoms. The molecule has 3 aliphatic rings. The number of nitrogens with one attached hydrogen (secondary N) is 1. The Morgan fingerprint density at radius 2 is 2.07 bits per heavy atom. The summed E-state index contributed by atoms with van der Waals surface area (Å²) in [5.41, 5.74) is -0.456. The lowest BCUT2D eigenvalue weighted by Gasteiger charge is -2.26. The molecule has 156 valence electrons. The summed E-state index contributed by atoms with van der Waals surface area (Å²) in [6, 6.07) is 0. The summed E-state index contributed by atoms with van der Waals surface area (Å²) in [7, 11) is -3.76. The van der Waals surface area contributed by atoms with Gasteiger partial charge in [-0.25, -0.2) is 8.42 Å². The zero-order chi connectivity index (χ0) is 19.9. The van der Waals surface area contributed by atoms with E-state index in [0.29, 0.717) is 24.8 Å². The van der Waals surface area contributed by atoms with Gasteiger partial charge in [-0.2, -0.15) is 4.31 Å². The van der Waals surface area contributed by atoms with Crippen LogP contribution in [0.5, 0.6) is 0 Å². The molecule has 8 nitrogen and oxygen atoms in total. The van der Waals surface area contributed by atoms with Gasteiger partial charge in [-0.3, -0.25) is 4.79 Å². The molecule has 28 heavy (non-hydrogen) atoms. The molecular weight excluding hydrogens is 382 g/mol. The van der Waals surface area contributed by atoms with Crippen molar-refractivity contribution in [1.29, 1.82) is 0 Å². The van der Waals surface area contributed by atoms with E-state index in [-0.39, 0.29) is 42.2 Å². The topological polar surface area (TPSA) is 102 Å². The van der Waals surface area contributed by atoms with E-state index in [0.717, 1.165) is 6.42 Å². The molecule has 1 aromatic rings. The van der Waals surface area contributed by atoms with Crippen molar-refractivity contribution in [3.63, 3.8) is 0 Å². The van der Waals surface area contributed by atoms with Gasteiger partial charge in [-0.05, 0) is 26.2 Å². The SMILES string of the molecule is Cc1noc(C)c1S(=O)(=O)N1C[C@@H]2COC[C@]2(C(=O)NCCC2CCCC2)C1. The first-order valence-electron chi connectivity index (χ1n) is 10.1. The number of amides is 1. The zero-order valence-corrected chi connectivity index (χ0v) is 17.4. The number of sulfonamides is 1. The zero-order valence-electron chi connectivity index (χ0n) is 16.6. The van der Waals surface area contributed by atoms with Crippen LogP contribution in [0, 0.1) is 31.1 Å². The maximum absolute atomic E-state index is 13.2. The molecule has 1 saturated carbocycles. The minimum Gasteiger partial charge on any atom is -0.380 e. The lowest BCUT2D eigenvalue weighted by Crippen LogP contribution is -2.47. The third kappa shape index (κ3) is 3.27. The number of ether oxygens (including phenoxy) is 1. The first-order chi connectivity index (χ1) is 13.3. The summed E-state index contributed by atoms with van der Waals surface area (Å²) in [5, 5.41) is 6.84. The van der Waals surface area contributed by atoms with Crippen molar-refractivity contribution in [2.45, 2.75) is 50.8 Å². The fourth-order valence-electron chi connectivity index (χ4n) is 5.03. The largest absolute Gasteiger partial charge is 0.380 e. The first-order valence-corrected chi connectivity index (χ1v) is 11.6. The molecule has 2 aliphatic heterocycles. The van der Waals surface area contributed by atoms with Gasteiger partial charge in [0.1, 0.15) is 10.6 Å². The minimum absolute atomic E-state index is 0.0792. The Bertz CT molecular complexity index is 826. The van der Waals surface area contributed by atoms with Gasteiger partial charge in [-0.15, -0.1) is 0 Å². The molecule has 1 aromatic heterocycles. The summed E-state index contributed by atoms with van der Waals surface area (Å²) in [6.45, 7) is 4.95. The molecule has 0 radical (unpaired) electrons. The molecule has 0 unspecified atom stereocenters. The standard InChI is InChI=1S/C19H29N3O5S/c1-13-17(14(2)27-21-13)28(24,25)22-9-16-10-26-12-19(16,11-22)18(23)20-8-7-15-5-3-4-6-15/h15-16H,3-12H2,1-2H3,(H,20,23)/t16-,19-/m1/s1. The summed E-state index contributed by atoms with van der Waals surface area (Å²) in [5.74, 6) is 0.771. The maximum Gasteiger partial charge on any atom is 0.248 e. The molecule has 1 amide bonds. The lowest BCUT2D eigenvalue weighted by atomic mass is 9.80. The van der Waals surface area contributed by atoms with E-state index >= 15 is 0 Å². The molecule has 0 bridgehead atoms. The number of nitrogens with zero attached hydrogens (tertiary/aromatic N) is 2. The Morgan fingerprint density at radius 1 is 1.32 bits per heavy atom. The van der Waals surface area contributed by atoms with E-state index in [9.17, 15) is 13.2 Å². The van der Waals surface area contributed by atoms with Crippen LogP contribution >= 0.6 is 0 Å². The number of aromatic nitrogens is 1. The highest BCUT2D eigenvalue weighted by Crippen LogP contribution is 2.44. The second-order valence-corrected chi connectivity index (χ2v) is 10.4. The molecule has 3 heterocycles. The van der Waals surface area contributed by atoms with E-state index in [4.69, 9.17) is 9.26 Å². The van der Waals surface area contributed by atoms with Gasteiger partial charge in [0.05, 0.1) is 18.6 Å². The lowest BCUT2D eigenvalue weighted by molar-refractivity contribution is -0.131. The average molecular weight is 412 g/mol. The third-order valence-corrected chi connectivity index (χ3v) is 8.73. The van der Waals surface area contributed by atoms with Gasteiger partial charge in [0.2, 0.25) is 15.9 Å². The summed E-state index contributed by atoms with van der Waals surface area (Å²) >= 11 is 0. The van der Waals surface area contributed by atoms with Crippen molar-refractivity contribution in [3.8, 4) is 0 Å². The van der Waals surface area contributed by atoms with Crippen molar-refractivity contribution in [1.82, 2.24) is 14.8 Å². The van der Waals surface area contributed by atoms with Crippen molar-refractivity contribution in [2.75, 3.05) is 32.8 Å². The maximum atomic E-state index is 13.2. The molecule has 3 fully saturated rings. The summed E-state index contributed by atoms with van der Waals surface area (Å²) < 4.78 is 38.4. The smallest absolute Gasteiger partial charge is 0.248 e. The molecule has 2 atom stereocenters. The molecule has 0 spiro atoms. The third-order valence-electron chi connectivity index (χ3n) is 6.67. The monoisotopic (exact) mass is 411 g/mol. The van der Waals surface area contributed by atoms with E-state index in [1.54, 1.807) is 13.8 Å². The molecule has 0 aromatic carbocycles. The van der Waals surface area contributed by atoms with Crippen molar-refractivity contribution in [2.24, 2.45) is 17.3 Å². The Labute approximate surface area is 166 Å². The van der Waals surface area contributed by atoms with Crippen LogP contribution in [0.3, 0.4) is 0 Å². The van der Waals surface area contributed by atoms with Crippen molar-refractivity contribution >= 4 is 15.9 Å². The highest BCUT2D eigenvalue weighted by atomic mass is 32.2. The van der Waals surface area contributed by atoms with E-state index in [2.05, 4.69) is 10.5 Å². The number of carbonyl (C=O) groups excluding carboxylic acids is 1. The van der Waals surface area contributed by atoms with Crippen molar-refractivity contribution < 1.29 is 22.5 Å². The number of carbonyl (C=O) groups is 1. The Balaban J connectivity index is 1.47. The van der Waals surface area contributed by atoms with Gasteiger partial charge in [0.25, 0.3) is 0 Å². The van der Waals surface area contributed by atoms with E-state index in [1.807, 2.05) is 0 Å². The highest BCUT2D eigenvalue weighted by Gasteiger charge is 2.58. The summed E-state index contributed by atoms with van der Waals surface area (Å²) in [6.07, 6.45) is 6.06. The number of rotatable bonds is 6. The first kappa shape index (κ1) is 19.8. The van der Waals surface area contributed by atoms with Gasteiger partial charge < -0.3 is 14.6 Å². The van der Waals surface area contributed by atoms with Gasteiger partial charge in [-0.1, -0.05) is 30.8 Å². The number of hydrogen-bond acceptors (Lipinski definition) is 6. The number of hydrogen-bond donors (Lipinski definition) is 1. The van der Waals surface area contributed by atoms with E-state index in [1.165, 1.54) is 30.0 Å². The van der Waals surface area contributed by atoms with Crippen molar-refractivity contribution in [3.05, 3.63) is 11.5 Å². The quantitative estimate of drug-likeness (QED) is 0.763. The second kappa shape index (κ2) is 7.42. The van der Waals surface area contributed by atoms with Crippen LogP contribution < -0.4 is 5.32 Å². The fourth-order valence-corrected chi connectivity index (χ4v) is 6.88. The van der Waals surface area contributed by atoms with Crippen LogP contribution in [0.15, 0.2) is 9.42 Å².